The SMILES string of the molecule is CCCC[NH2+]CCCC.CCCC[NH2+]CCCC.O=C([O-])CC(C(=O)[O-])S(=O)(=O)O. The van der Waals surface area contributed by atoms with E-state index in [1.54, 1.807) is 0 Å². The number of hydrogen-bond donors (Lipinski definition) is 3. The summed E-state index contributed by atoms with van der Waals surface area (Å²) in [5, 5.41) is 22.1. The lowest BCUT2D eigenvalue weighted by Gasteiger charge is -2.14. The van der Waals surface area contributed by atoms with Crippen LogP contribution < -0.4 is 20.8 Å². The van der Waals surface area contributed by atoms with Gasteiger partial charge in [-0.15, -0.1) is 0 Å². The van der Waals surface area contributed by atoms with Crippen molar-refractivity contribution in [1.82, 2.24) is 0 Å². The summed E-state index contributed by atoms with van der Waals surface area (Å²) in [7, 11) is -4.94. The first-order chi connectivity index (χ1) is 14.1. The lowest BCUT2D eigenvalue weighted by atomic mass is 10.3. The molecule has 0 aromatic heterocycles. The summed E-state index contributed by atoms with van der Waals surface area (Å²) in [6.45, 7) is 14.3. The molecule has 0 aliphatic heterocycles. The van der Waals surface area contributed by atoms with Gasteiger partial charge in [-0.1, -0.05) is 53.4 Å². The van der Waals surface area contributed by atoms with Crippen molar-refractivity contribution >= 4 is 22.1 Å². The van der Waals surface area contributed by atoms with Crippen LogP contribution in [-0.4, -0.2) is 56.3 Å². The average Bonchev–Trinajstić information content (AvgIpc) is 2.66. The molecule has 1 unspecified atom stereocenters. The molecule has 0 aliphatic carbocycles. The number of hydrogen-bond acceptors (Lipinski definition) is 6. The predicted molar refractivity (Wildman–Crippen MR) is 113 cm³/mol. The van der Waals surface area contributed by atoms with Crippen LogP contribution in [0.3, 0.4) is 0 Å². The van der Waals surface area contributed by atoms with Crippen LogP contribution in [0.2, 0.25) is 0 Å². The highest BCUT2D eigenvalue weighted by Crippen LogP contribution is 2.01. The minimum Gasteiger partial charge on any atom is -0.550 e. The fourth-order valence-corrected chi connectivity index (χ4v) is 2.73. The first kappa shape index (κ1) is 33.4. The molecule has 5 N–H and O–H groups in total. The maximum atomic E-state index is 10.2. The summed E-state index contributed by atoms with van der Waals surface area (Å²) >= 11 is 0. The standard InChI is InChI=1S/2C8H19N.C4H6O7S/c2*1-3-5-7-9-8-6-4-2;5-3(6)1-2(4(7)8)12(9,10)11/h2*9H,3-8H2,1-2H3;2H,1H2,(H,5,6)(H,7,8)(H,9,10,11). The molecule has 182 valence electrons. The molecule has 0 spiro atoms. The van der Waals surface area contributed by atoms with Gasteiger partial charge in [0.05, 0.1) is 32.1 Å². The molecule has 0 bridgehead atoms. The molecule has 0 heterocycles. The third-order valence-electron chi connectivity index (χ3n) is 4.02. The molecule has 1 atom stereocenters. The minimum absolute atomic E-state index is 1.33. The molecule has 0 aromatic carbocycles. The third kappa shape index (κ3) is 29.0. The van der Waals surface area contributed by atoms with Crippen molar-refractivity contribution in [2.75, 3.05) is 26.2 Å². The fourth-order valence-electron chi connectivity index (χ4n) is 2.14. The molecule has 0 saturated heterocycles. The molecule has 0 rings (SSSR count). The molecule has 0 radical (unpaired) electrons. The molecule has 10 heteroatoms. The molecule has 0 amide bonds. The molecular weight excluding hydrogens is 412 g/mol. The van der Waals surface area contributed by atoms with Crippen LogP contribution in [0.1, 0.15) is 85.5 Å². The quantitative estimate of drug-likeness (QED) is 0.186. The molecule has 0 aromatic rings. The molecule has 30 heavy (non-hydrogen) atoms. The Morgan fingerprint density at radius 3 is 1.20 bits per heavy atom. The minimum atomic E-state index is -4.94. The second-order valence-corrected chi connectivity index (χ2v) is 8.64. The normalized spacial score (nSPS) is 11.5. The van der Waals surface area contributed by atoms with E-state index in [9.17, 15) is 28.2 Å². The second kappa shape index (κ2) is 24.0. The predicted octanol–water partition coefficient (Wildman–Crippen LogP) is -1.57. The lowest BCUT2D eigenvalue weighted by Crippen LogP contribution is -2.84. The van der Waals surface area contributed by atoms with Crippen molar-refractivity contribution in [2.24, 2.45) is 0 Å². The van der Waals surface area contributed by atoms with Crippen LogP contribution in [0.25, 0.3) is 0 Å². The van der Waals surface area contributed by atoms with E-state index >= 15 is 0 Å². The molecule has 9 nitrogen and oxygen atoms in total. The number of rotatable bonds is 16. The summed E-state index contributed by atoms with van der Waals surface area (Å²) in [4.78, 5) is 19.7. The van der Waals surface area contributed by atoms with Gasteiger partial charge in [-0.05, 0) is 25.7 Å². The van der Waals surface area contributed by atoms with Crippen molar-refractivity contribution in [3.8, 4) is 0 Å². The summed E-state index contributed by atoms with van der Waals surface area (Å²) in [5.74, 6) is -4.08. The van der Waals surface area contributed by atoms with Gasteiger partial charge >= 0.3 is 0 Å². The Hall–Kier alpha value is -1.23. The number of carbonyl (C=O) groups excluding carboxylic acids is 2. The van der Waals surface area contributed by atoms with Crippen LogP contribution in [0.15, 0.2) is 0 Å². The highest BCUT2D eigenvalue weighted by atomic mass is 32.2. The van der Waals surface area contributed by atoms with Crippen LogP contribution in [0.5, 0.6) is 0 Å². The van der Waals surface area contributed by atoms with Crippen LogP contribution in [0, 0.1) is 0 Å². The Balaban J connectivity index is -0.000000371. The summed E-state index contributed by atoms with van der Waals surface area (Å²) in [5.41, 5.74) is 0. The summed E-state index contributed by atoms with van der Waals surface area (Å²) in [6.07, 6.45) is 9.53. The van der Waals surface area contributed by atoms with E-state index in [-0.39, 0.29) is 0 Å². The van der Waals surface area contributed by atoms with Crippen LogP contribution in [0.4, 0.5) is 0 Å². The van der Waals surface area contributed by atoms with Crippen molar-refractivity contribution in [2.45, 2.75) is 90.7 Å². The Bertz CT molecular complexity index is 473. The Kier molecular flexibility index (Phi) is 26.8. The average molecular weight is 457 g/mol. The van der Waals surface area contributed by atoms with E-state index < -0.39 is 33.7 Å². The number of carbonyl (C=O) groups is 2. The van der Waals surface area contributed by atoms with Crippen LogP contribution >= 0.6 is 0 Å². The molecular formula is C20H44N2O7S. The Labute approximate surface area is 182 Å². The van der Waals surface area contributed by atoms with Crippen molar-refractivity contribution in [3.63, 3.8) is 0 Å². The Morgan fingerprint density at radius 2 is 1.07 bits per heavy atom. The first-order valence-electron chi connectivity index (χ1n) is 11.1. The van der Waals surface area contributed by atoms with E-state index in [4.69, 9.17) is 4.55 Å². The topological polar surface area (TPSA) is 168 Å². The number of quaternary nitrogens is 2. The van der Waals surface area contributed by atoms with Gasteiger partial charge in [-0.2, -0.15) is 8.42 Å². The smallest absolute Gasteiger partial charge is 0.273 e. The first-order valence-corrected chi connectivity index (χ1v) is 12.6. The number of nitrogens with two attached hydrogens (primary N) is 2. The molecule has 0 fully saturated rings. The van der Waals surface area contributed by atoms with E-state index in [0.717, 1.165) is 0 Å². The number of unbranched alkanes of at least 4 members (excludes halogenated alkanes) is 4. The van der Waals surface area contributed by atoms with E-state index in [1.807, 2.05) is 0 Å². The fraction of sp³-hybridized carbons (Fsp3) is 0.900. The maximum Gasteiger partial charge on any atom is 0.273 e. The van der Waals surface area contributed by atoms with Crippen molar-refractivity contribution in [1.29, 1.82) is 0 Å². The van der Waals surface area contributed by atoms with E-state index in [0.29, 0.717) is 0 Å². The maximum absolute atomic E-state index is 10.2. The van der Waals surface area contributed by atoms with Gasteiger partial charge < -0.3 is 30.4 Å². The lowest BCUT2D eigenvalue weighted by molar-refractivity contribution is -0.655. The third-order valence-corrected chi connectivity index (χ3v) is 5.10. The van der Waals surface area contributed by atoms with E-state index in [1.165, 1.54) is 77.5 Å². The van der Waals surface area contributed by atoms with Gasteiger partial charge in [0, 0.05) is 12.4 Å². The number of aliphatic carboxylic acids is 2. The van der Waals surface area contributed by atoms with Crippen molar-refractivity contribution in [3.05, 3.63) is 0 Å². The van der Waals surface area contributed by atoms with Gasteiger partial charge in [0.25, 0.3) is 10.1 Å². The highest BCUT2D eigenvalue weighted by molar-refractivity contribution is 7.87. The number of carboxylic acid groups (broad SMARTS) is 2. The summed E-state index contributed by atoms with van der Waals surface area (Å²) < 4.78 is 28.5. The van der Waals surface area contributed by atoms with Crippen molar-refractivity contribution < 1.29 is 43.4 Å². The molecule has 0 aliphatic rings. The highest BCUT2D eigenvalue weighted by Gasteiger charge is 2.24. The summed E-state index contributed by atoms with van der Waals surface area (Å²) in [6, 6.07) is 0. The number of carboxylic acids is 2. The largest absolute Gasteiger partial charge is 0.550 e. The van der Waals surface area contributed by atoms with Gasteiger partial charge in [0.15, 0.2) is 0 Å². The van der Waals surface area contributed by atoms with Crippen LogP contribution in [-0.2, 0) is 19.7 Å². The van der Waals surface area contributed by atoms with Gasteiger partial charge in [-0.3, -0.25) is 4.55 Å². The Morgan fingerprint density at radius 1 is 0.767 bits per heavy atom. The van der Waals surface area contributed by atoms with Gasteiger partial charge in [-0.25, -0.2) is 0 Å². The monoisotopic (exact) mass is 456 g/mol. The van der Waals surface area contributed by atoms with Gasteiger partial charge in [0.1, 0.15) is 5.25 Å². The zero-order valence-electron chi connectivity index (χ0n) is 19.2. The zero-order chi connectivity index (χ0) is 23.8. The van der Waals surface area contributed by atoms with E-state index in [2.05, 4.69) is 38.3 Å². The molecule has 0 saturated carbocycles. The zero-order valence-corrected chi connectivity index (χ0v) is 20.0. The van der Waals surface area contributed by atoms with Gasteiger partial charge in [0.2, 0.25) is 0 Å². The second-order valence-electron chi connectivity index (χ2n) is 7.05.